The molecule has 0 N–H and O–H groups in total. The molecule has 0 aromatic heterocycles. The van der Waals surface area contributed by atoms with Crippen molar-refractivity contribution in [3.8, 4) is 0 Å². The van der Waals surface area contributed by atoms with Crippen molar-refractivity contribution >= 4 is 5.97 Å². The monoisotopic (exact) mass is 332 g/mol. The largest absolute Gasteiger partial charge is 0.459 e. The van der Waals surface area contributed by atoms with Gasteiger partial charge in [0.2, 0.25) is 0 Å². The number of carbonyl (C=O) groups excluding carboxylic acids is 1. The highest BCUT2D eigenvalue weighted by Gasteiger charge is 2.63. The minimum atomic E-state index is -0.191. The zero-order valence-electron chi connectivity index (χ0n) is 16.3. The van der Waals surface area contributed by atoms with Crippen LogP contribution < -0.4 is 0 Å². The molecular weight excluding hydrogens is 296 g/mol. The minimum Gasteiger partial charge on any atom is -0.459 e. The Balaban J connectivity index is 1.48. The zero-order chi connectivity index (χ0) is 17.3. The number of ether oxygens (including phenoxy) is 1. The first-order valence-corrected chi connectivity index (χ1v) is 10.4. The highest BCUT2D eigenvalue weighted by molar-refractivity contribution is 5.72. The van der Waals surface area contributed by atoms with Gasteiger partial charge < -0.3 is 4.74 Å². The van der Waals surface area contributed by atoms with Crippen LogP contribution >= 0.6 is 0 Å². The molecule has 4 rings (SSSR count). The number of carbonyl (C=O) groups is 1. The summed E-state index contributed by atoms with van der Waals surface area (Å²) in [5.41, 5.74) is -0.0102. The van der Waals surface area contributed by atoms with Gasteiger partial charge in [-0.25, -0.2) is 0 Å². The summed E-state index contributed by atoms with van der Waals surface area (Å²) in [5, 5.41) is 0. The van der Waals surface area contributed by atoms with Crippen LogP contribution in [0.3, 0.4) is 0 Å². The SMILES string of the molecule is CC(CC(C)(C)C)C(=O)OC1(C)CCC2CC1C1C3CCC(C3)C21. The van der Waals surface area contributed by atoms with Crippen molar-refractivity contribution in [2.75, 3.05) is 0 Å². The average Bonchev–Trinajstić information content (AvgIpc) is 3.14. The van der Waals surface area contributed by atoms with E-state index in [9.17, 15) is 4.79 Å². The standard InChI is InChI=1S/C22H36O2/c1-13(12-21(2,3)4)20(23)24-22(5)9-8-16-11-17(22)19-15-7-6-14(10-15)18(16)19/h13-19H,6-12H2,1-5H3. The van der Waals surface area contributed by atoms with Crippen LogP contribution in [0.5, 0.6) is 0 Å². The van der Waals surface area contributed by atoms with Crippen LogP contribution in [0.1, 0.15) is 79.6 Å². The lowest BCUT2D eigenvalue weighted by Gasteiger charge is -2.42. The normalized spacial score (nSPS) is 47.5. The van der Waals surface area contributed by atoms with E-state index in [1.165, 1.54) is 32.1 Å². The Morgan fingerprint density at radius 2 is 1.71 bits per heavy atom. The molecule has 0 amide bonds. The summed E-state index contributed by atoms with van der Waals surface area (Å²) in [4.78, 5) is 12.8. The van der Waals surface area contributed by atoms with E-state index in [0.29, 0.717) is 5.92 Å². The summed E-state index contributed by atoms with van der Waals surface area (Å²) in [5.74, 6) is 5.44. The molecule has 0 radical (unpaired) electrons. The topological polar surface area (TPSA) is 26.3 Å². The molecule has 0 heterocycles. The van der Waals surface area contributed by atoms with Crippen molar-refractivity contribution in [1.29, 1.82) is 0 Å². The molecular formula is C22H36O2. The van der Waals surface area contributed by atoms with E-state index in [2.05, 4.69) is 34.6 Å². The second-order valence-corrected chi connectivity index (χ2v) is 11.0. The molecule has 4 aliphatic carbocycles. The second kappa shape index (κ2) is 5.48. The predicted octanol–water partition coefficient (Wildman–Crippen LogP) is 5.45. The fourth-order valence-electron chi connectivity index (χ4n) is 7.40. The van der Waals surface area contributed by atoms with Gasteiger partial charge in [-0.3, -0.25) is 4.79 Å². The van der Waals surface area contributed by atoms with Crippen molar-refractivity contribution in [2.24, 2.45) is 46.8 Å². The highest BCUT2D eigenvalue weighted by atomic mass is 16.6. The third-order valence-electron chi connectivity index (χ3n) is 8.06. The van der Waals surface area contributed by atoms with Crippen LogP contribution in [0.2, 0.25) is 0 Å². The molecule has 2 heteroatoms. The Kier molecular flexibility index (Phi) is 3.86. The van der Waals surface area contributed by atoms with Crippen LogP contribution in [-0.4, -0.2) is 11.6 Å². The third kappa shape index (κ3) is 2.63. The van der Waals surface area contributed by atoms with Gasteiger partial charge >= 0.3 is 5.97 Å². The van der Waals surface area contributed by atoms with E-state index in [-0.39, 0.29) is 22.9 Å². The molecule has 136 valence electrons. The Morgan fingerprint density at radius 1 is 1.08 bits per heavy atom. The van der Waals surface area contributed by atoms with Crippen LogP contribution in [-0.2, 0) is 9.53 Å². The number of rotatable bonds is 3. The van der Waals surface area contributed by atoms with Crippen molar-refractivity contribution < 1.29 is 9.53 Å². The molecule has 0 aromatic carbocycles. The van der Waals surface area contributed by atoms with Crippen LogP contribution in [0.4, 0.5) is 0 Å². The summed E-state index contributed by atoms with van der Waals surface area (Å²) in [7, 11) is 0. The quantitative estimate of drug-likeness (QED) is 0.507. The van der Waals surface area contributed by atoms with Crippen molar-refractivity contribution in [3.05, 3.63) is 0 Å². The fourth-order valence-corrected chi connectivity index (χ4v) is 7.40. The maximum Gasteiger partial charge on any atom is 0.309 e. The molecule has 0 aliphatic heterocycles. The van der Waals surface area contributed by atoms with Crippen LogP contribution in [0.15, 0.2) is 0 Å². The van der Waals surface area contributed by atoms with E-state index in [1.54, 1.807) is 0 Å². The van der Waals surface area contributed by atoms with Gasteiger partial charge in [-0.05, 0) is 86.9 Å². The molecule has 8 unspecified atom stereocenters. The minimum absolute atomic E-state index is 0.0109. The van der Waals surface area contributed by atoms with Gasteiger partial charge in [0.05, 0.1) is 5.92 Å². The van der Waals surface area contributed by atoms with Gasteiger partial charge in [0, 0.05) is 5.92 Å². The fraction of sp³-hybridized carbons (Fsp3) is 0.955. The summed E-state index contributed by atoms with van der Waals surface area (Å²) >= 11 is 0. The predicted molar refractivity (Wildman–Crippen MR) is 96.4 cm³/mol. The van der Waals surface area contributed by atoms with E-state index < -0.39 is 0 Å². The third-order valence-corrected chi connectivity index (χ3v) is 8.06. The summed E-state index contributed by atoms with van der Waals surface area (Å²) in [6.07, 6.45) is 9.03. The van der Waals surface area contributed by atoms with Gasteiger partial charge in [0.1, 0.15) is 5.60 Å². The number of fused-ring (bicyclic) bond motifs is 9. The van der Waals surface area contributed by atoms with E-state index in [1.807, 2.05) is 0 Å². The second-order valence-electron chi connectivity index (χ2n) is 11.0. The number of hydrogen-bond donors (Lipinski definition) is 0. The molecule has 4 fully saturated rings. The summed E-state index contributed by atoms with van der Waals surface area (Å²) in [6, 6.07) is 0. The van der Waals surface area contributed by atoms with Crippen molar-refractivity contribution in [2.45, 2.75) is 85.2 Å². The summed E-state index contributed by atoms with van der Waals surface area (Å²) in [6.45, 7) is 10.9. The van der Waals surface area contributed by atoms with Gasteiger partial charge in [0.25, 0.3) is 0 Å². The first-order valence-electron chi connectivity index (χ1n) is 10.4. The van der Waals surface area contributed by atoms with Gasteiger partial charge in [-0.2, -0.15) is 0 Å². The molecule has 4 saturated carbocycles. The molecule has 0 spiro atoms. The zero-order valence-corrected chi connectivity index (χ0v) is 16.3. The average molecular weight is 333 g/mol. The lowest BCUT2D eigenvalue weighted by Crippen LogP contribution is -2.45. The van der Waals surface area contributed by atoms with E-state index in [4.69, 9.17) is 4.74 Å². The maximum atomic E-state index is 12.8. The Morgan fingerprint density at radius 3 is 2.38 bits per heavy atom. The molecule has 0 aromatic rings. The Bertz CT molecular complexity index is 519. The number of hydrogen-bond acceptors (Lipinski definition) is 2. The summed E-state index contributed by atoms with van der Waals surface area (Å²) < 4.78 is 6.29. The van der Waals surface area contributed by atoms with Gasteiger partial charge in [-0.1, -0.05) is 27.7 Å². The van der Waals surface area contributed by atoms with Crippen molar-refractivity contribution in [3.63, 3.8) is 0 Å². The lowest BCUT2D eigenvalue weighted by atomic mass is 9.71. The molecule has 8 atom stereocenters. The first-order chi connectivity index (χ1) is 11.2. The maximum absolute atomic E-state index is 12.8. The Labute approximate surface area is 148 Å². The van der Waals surface area contributed by atoms with E-state index in [0.717, 1.165) is 42.4 Å². The van der Waals surface area contributed by atoms with Gasteiger partial charge in [0.15, 0.2) is 0 Å². The molecule has 2 nitrogen and oxygen atoms in total. The first kappa shape index (κ1) is 16.9. The lowest BCUT2D eigenvalue weighted by molar-refractivity contribution is -0.175. The molecule has 4 bridgehead atoms. The molecule has 0 saturated heterocycles. The van der Waals surface area contributed by atoms with Crippen LogP contribution in [0.25, 0.3) is 0 Å². The highest BCUT2D eigenvalue weighted by Crippen LogP contribution is 2.68. The smallest absolute Gasteiger partial charge is 0.309 e. The van der Waals surface area contributed by atoms with Crippen molar-refractivity contribution in [1.82, 2.24) is 0 Å². The van der Waals surface area contributed by atoms with E-state index >= 15 is 0 Å². The Hall–Kier alpha value is -0.530. The number of esters is 1. The van der Waals surface area contributed by atoms with Crippen LogP contribution in [0, 0.1) is 46.8 Å². The molecule has 24 heavy (non-hydrogen) atoms. The van der Waals surface area contributed by atoms with Gasteiger partial charge in [-0.15, -0.1) is 0 Å². The molecule has 4 aliphatic rings.